The van der Waals surface area contributed by atoms with E-state index in [0.29, 0.717) is 11.3 Å². The fraction of sp³-hybridized carbons (Fsp3) is 0.522. The lowest BCUT2D eigenvalue weighted by Gasteiger charge is -2.13. The Balaban J connectivity index is 2.08. The van der Waals surface area contributed by atoms with E-state index in [2.05, 4.69) is 40.8 Å². The van der Waals surface area contributed by atoms with E-state index in [9.17, 15) is 9.90 Å². The number of aromatic nitrogens is 3. The van der Waals surface area contributed by atoms with Gasteiger partial charge in [-0.15, -0.1) is 0 Å². The minimum absolute atomic E-state index is 0.248. The lowest BCUT2D eigenvalue weighted by Crippen LogP contribution is -2.13. The van der Waals surface area contributed by atoms with Crippen LogP contribution >= 0.6 is 0 Å². The Kier molecular flexibility index (Phi) is 7.26. The van der Waals surface area contributed by atoms with Crippen molar-refractivity contribution in [3.63, 3.8) is 0 Å². The molecule has 0 bridgehead atoms. The monoisotopic (exact) mass is 411 g/mol. The molecule has 7 nitrogen and oxygen atoms in total. The third kappa shape index (κ3) is 4.73. The summed E-state index contributed by atoms with van der Waals surface area (Å²) < 4.78 is 2.34. The van der Waals surface area contributed by atoms with Gasteiger partial charge in [-0.05, 0) is 58.1 Å². The third-order valence-electron chi connectivity index (χ3n) is 5.48. The predicted molar refractivity (Wildman–Crippen MR) is 123 cm³/mol. The minimum Gasteiger partial charge on any atom is -0.478 e. The molecule has 0 fully saturated rings. The number of nitrogens with one attached hydrogen (secondary N) is 1. The van der Waals surface area contributed by atoms with Gasteiger partial charge in [0.2, 0.25) is 0 Å². The quantitative estimate of drug-likeness (QED) is 0.455. The van der Waals surface area contributed by atoms with Crippen molar-refractivity contribution >= 4 is 33.7 Å². The van der Waals surface area contributed by atoms with Crippen molar-refractivity contribution in [2.45, 2.75) is 52.0 Å². The summed E-state index contributed by atoms with van der Waals surface area (Å²) in [5, 5.41) is 13.5. The highest BCUT2D eigenvalue weighted by atomic mass is 16.4. The van der Waals surface area contributed by atoms with E-state index in [1.807, 2.05) is 13.1 Å². The molecule has 3 rings (SSSR count). The van der Waals surface area contributed by atoms with E-state index in [0.717, 1.165) is 67.4 Å². The topological polar surface area (TPSA) is 83.3 Å². The van der Waals surface area contributed by atoms with E-state index >= 15 is 0 Å². The molecule has 2 heterocycles. The zero-order valence-corrected chi connectivity index (χ0v) is 18.5. The van der Waals surface area contributed by atoms with Gasteiger partial charge in [0.1, 0.15) is 11.3 Å². The molecule has 0 spiro atoms. The summed E-state index contributed by atoms with van der Waals surface area (Å²) >= 11 is 0. The maximum Gasteiger partial charge on any atom is 0.335 e. The largest absolute Gasteiger partial charge is 0.478 e. The Bertz CT molecular complexity index is 1030. The molecule has 0 aliphatic heterocycles. The van der Waals surface area contributed by atoms with E-state index in [1.165, 1.54) is 6.42 Å². The highest BCUT2D eigenvalue weighted by Gasteiger charge is 2.18. The second-order valence-electron chi connectivity index (χ2n) is 8.09. The number of anilines is 1. The van der Waals surface area contributed by atoms with Gasteiger partial charge in [-0.3, -0.25) is 0 Å². The molecule has 0 atom stereocenters. The minimum atomic E-state index is -0.942. The number of carboxylic acids is 1. The third-order valence-corrected chi connectivity index (χ3v) is 5.48. The summed E-state index contributed by atoms with van der Waals surface area (Å²) in [5.41, 5.74) is 2.85. The van der Waals surface area contributed by atoms with Crippen LogP contribution in [0.2, 0.25) is 0 Å². The van der Waals surface area contributed by atoms with Crippen molar-refractivity contribution in [1.82, 2.24) is 19.4 Å². The van der Waals surface area contributed by atoms with Gasteiger partial charge in [-0.25, -0.2) is 14.8 Å². The zero-order valence-electron chi connectivity index (χ0n) is 18.5. The first-order chi connectivity index (χ1) is 14.5. The van der Waals surface area contributed by atoms with Gasteiger partial charge in [-0.2, -0.15) is 0 Å². The van der Waals surface area contributed by atoms with E-state index < -0.39 is 5.97 Å². The van der Waals surface area contributed by atoms with E-state index in [4.69, 9.17) is 4.98 Å². The van der Waals surface area contributed by atoms with Crippen LogP contribution in [0.25, 0.3) is 21.9 Å². The molecule has 162 valence electrons. The summed E-state index contributed by atoms with van der Waals surface area (Å²) in [6.07, 6.45) is 6.57. The highest BCUT2D eigenvalue weighted by Crippen LogP contribution is 2.31. The van der Waals surface area contributed by atoms with Gasteiger partial charge < -0.3 is 19.9 Å². The Morgan fingerprint density at radius 1 is 1.17 bits per heavy atom. The number of carboxylic acid groups (broad SMARTS) is 1. The molecule has 30 heavy (non-hydrogen) atoms. The number of benzene rings is 1. The van der Waals surface area contributed by atoms with Crippen molar-refractivity contribution in [3.05, 3.63) is 29.6 Å². The molecule has 0 saturated carbocycles. The van der Waals surface area contributed by atoms with E-state index in [1.54, 1.807) is 12.1 Å². The van der Waals surface area contributed by atoms with Gasteiger partial charge in [0.15, 0.2) is 5.82 Å². The average Bonchev–Trinajstić information content (AvgIpc) is 3.09. The average molecular weight is 412 g/mol. The van der Waals surface area contributed by atoms with Crippen LogP contribution in [0.15, 0.2) is 18.2 Å². The number of nitrogens with zero attached hydrogens (tertiary/aromatic N) is 4. The lowest BCUT2D eigenvalue weighted by molar-refractivity contribution is 0.0697. The molecule has 2 N–H and O–H groups in total. The van der Waals surface area contributed by atoms with Crippen LogP contribution in [0.4, 0.5) is 5.82 Å². The van der Waals surface area contributed by atoms with Crippen LogP contribution in [0.5, 0.6) is 0 Å². The number of pyridine rings is 1. The van der Waals surface area contributed by atoms with Crippen molar-refractivity contribution in [2.24, 2.45) is 0 Å². The first-order valence-electron chi connectivity index (χ1n) is 10.8. The number of aryl methyl sites for hydroxylation is 2. The summed E-state index contributed by atoms with van der Waals surface area (Å²) in [5.74, 6) is 0.847. The van der Waals surface area contributed by atoms with E-state index in [-0.39, 0.29) is 5.56 Å². The van der Waals surface area contributed by atoms with Crippen molar-refractivity contribution in [2.75, 3.05) is 33.0 Å². The van der Waals surface area contributed by atoms with Crippen LogP contribution in [-0.4, -0.2) is 58.2 Å². The first kappa shape index (κ1) is 22.0. The van der Waals surface area contributed by atoms with Crippen molar-refractivity contribution < 1.29 is 9.90 Å². The van der Waals surface area contributed by atoms with Crippen LogP contribution in [0.1, 0.15) is 55.2 Å². The number of imidazole rings is 1. The van der Waals surface area contributed by atoms with Gasteiger partial charge in [-0.1, -0.05) is 19.8 Å². The molecule has 1 aromatic carbocycles. The Labute approximate surface area is 178 Å². The first-order valence-corrected chi connectivity index (χ1v) is 10.8. The van der Waals surface area contributed by atoms with Crippen LogP contribution < -0.4 is 5.32 Å². The molecule has 0 saturated heterocycles. The molecule has 0 unspecified atom stereocenters. The maximum absolute atomic E-state index is 11.4. The zero-order chi connectivity index (χ0) is 21.7. The molecule has 0 aliphatic rings. The van der Waals surface area contributed by atoms with Crippen molar-refractivity contribution in [1.29, 1.82) is 0 Å². The number of fused-ring (bicyclic) bond motifs is 3. The molecular formula is C23H33N5O2. The second kappa shape index (κ2) is 9.89. The normalized spacial score (nSPS) is 11.6. The van der Waals surface area contributed by atoms with Gasteiger partial charge >= 0.3 is 5.97 Å². The van der Waals surface area contributed by atoms with Gasteiger partial charge in [0.25, 0.3) is 0 Å². The van der Waals surface area contributed by atoms with Crippen LogP contribution in [-0.2, 0) is 13.0 Å². The second-order valence-corrected chi connectivity index (χ2v) is 8.09. The number of hydrogen-bond donors (Lipinski definition) is 2. The summed E-state index contributed by atoms with van der Waals surface area (Å²) in [6.45, 7) is 4.20. The standard InChI is InChI=1S/C23H33N5O2/c1-5-6-10-19-26-20-21(28(19)14-9-7-8-13-27(3)4)17-12-11-16(23(29)30)15-18(17)25-22(20)24-2/h11-12,15H,5-10,13-14H2,1-4H3,(H,24,25)(H,29,30). The molecule has 0 amide bonds. The molecular weight excluding hydrogens is 378 g/mol. The smallest absolute Gasteiger partial charge is 0.335 e. The predicted octanol–water partition coefficient (Wildman–Crippen LogP) is 4.40. The molecule has 0 radical (unpaired) electrons. The molecule has 3 aromatic rings. The number of rotatable bonds is 11. The summed E-state index contributed by atoms with van der Waals surface area (Å²) in [6, 6.07) is 5.18. The van der Waals surface area contributed by atoms with Crippen LogP contribution in [0, 0.1) is 0 Å². The molecule has 0 aliphatic carbocycles. The number of carbonyl (C=O) groups is 1. The van der Waals surface area contributed by atoms with Crippen LogP contribution in [0.3, 0.4) is 0 Å². The maximum atomic E-state index is 11.4. The van der Waals surface area contributed by atoms with Gasteiger partial charge in [0, 0.05) is 25.4 Å². The lowest BCUT2D eigenvalue weighted by atomic mass is 10.1. The Hall–Kier alpha value is -2.67. The summed E-state index contributed by atoms with van der Waals surface area (Å²) in [4.78, 5) is 23.3. The molecule has 2 aromatic heterocycles. The van der Waals surface area contributed by atoms with Gasteiger partial charge in [0.05, 0.1) is 16.6 Å². The number of unbranched alkanes of at least 4 members (excludes halogenated alkanes) is 3. The molecule has 7 heteroatoms. The highest BCUT2D eigenvalue weighted by molar-refractivity contribution is 6.08. The SMILES string of the molecule is CCCCc1nc2c(NC)nc3cc(C(=O)O)ccc3c2n1CCCCCN(C)C. The number of aromatic carboxylic acids is 1. The fourth-order valence-electron chi connectivity index (χ4n) is 3.88. The number of hydrogen-bond acceptors (Lipinski definition) is 5. The Morgan fingerprint density at radius 2 is 1.97 bits per heavy atom. The Morgan fingerprint density at radius 3 is 2.63 bits per heavy atom. The van der Waals surface area contributed by atoms with Crippen molar-refractivity contribution in [3.8, 4) is 0 Å². The fourth-order valence-corrected chi connectivity index (χ4v) is 3.88. The summed E-state index contributed by atoms with van der Waals surface area (Å²) in [7, 11) is 6.05.